The van der Waals surface area contributed by atoms with Crippen molar-refractivity contribution in [3.05, 3.63) is 29.6 Å². The van der Waals surface area contributed by atoms with Gasteiger partial charge in [-0.1, -0.05) is 0 Å². The number of fused-ring (bicyclic) bond motifs is 2. The fraction of sp³-hybridized carbons (Fsp3) is 0.667. The van der Waals surface area contributed by atoms with Crippen LogP contribution in [0.15, 0.2) is 23.1 Å². The van der Waals surface area contributed by atoms with Gasteiger partial charge in [0.15, 0.2) is 0 Å². The molecule has 1 aliphatic carbocycles. The Morgan fingerprint density at radius 3 is 2.66 bits per heavy atom. The molecule has 0 amide bonds. The summed E-state index contributed by atoms with van der Waals surface area (Å²) in [4.78, 5) is 2.55. The van der Waals surface area contributed by atoms with Crippen molar-refractivity contribution in [1.29, 1.82) is 5.26 Å². The lowest BCUT2D eigenvalue weighted by Gasteiger charge is -2.40. The Balaban J connectivity index is 1.27. The third-order valence-corrected chi connectivity index (χ3v) is 9.51. The van der Waals surface area contributed by atoms with E-state index in [0.717, 1.165) is 57.4 Å². The van der Waals surface area contributed by atoms with E-state index in [-0.39, 0.29) is 15.9 Å². The summed E-state index contributed by atoms with van der Waals surface area (Å²) in [6.07, 6.45) is 6.76. The number of nitriles is 1. The van der Waals surface area contributed by atoms with Gasteiger partial charge in [0.25, 0.3) is 0 Å². The van der Waals surface area contributed by atoms with E-state index in [0.29, 0.717) is 31.3 Å². The van der Waals surface area contributed by atoms with Gasteiger partial charge in [-0.25, -0.2) is 12.8 Å². The van der Waals surface area contributed by atoms with Crippen LogP contribution in [-0.4, -0.2) is 62.1 Å². The molecule has 156 valence electrons. The lowest BCUT2D eigenvalue weighted by molar-refractivity contribution is 0.00873. The molecule has 6 nitrogen and oxygen atoms in total. The van der Waals surface area contributed by atoms with Gasteiger partial charge in [-0.3, -0.25) is 4.90 Å². The molecular formula is C21H26FN3O3S. The smallest absolute Gasteiger partial charge is 0.244 e. The zero-order chi connectivity index (χ0) is 20.2. The SMILES string of the molecule is N#Cc1cc(F)ccc1S(=O)(=O)N1CCC2(CCC(N3C[C@H]4C[C@@H]3CO4)C2)CC1. The van der Waals surface area contributed by atoms with E-state index in [9.17, 15) is 18.1 Å². The molecule has 29 heavy (non-hydrogen) atoms. The number of rotatable bonds is 3. The standard InChI is InChI=1S/C21H26FN3O3S/c22-16-1-2-20(15(9-16)12-23)29(26,27)24-7-5-21(6-8-24)4-3-17(11-21)25-13-19-10-18(25)14-28-19/h1-2,9,17-19H,3-8,10-11,13-14H2/t17?,18-,19-/m1/s1. The average Bonchev–Trinajstić information content (AvgIpc) is 3.44. The van der Waals surface area contributed by atoms with Gasteiger partial charge in [-0.2, -0.15) is 9.57 Å². The van der Waals surface area contributed by atoms with E-state index in [1.807, 2.05) is 6.07 Å². The largest absolute Gasteiger partial charge is 0.375 e. The molecular weight excluding hydrogens is 393 g/mol. The Morgan fingerprint density at radius 2 is 2.00 bits per heavy atom. The average molecular weight is 420 g/mol. The van der Waals surface area contributed by atoms with Gasteiger partial charge in [-0.05, 0) is 62.1 Å². The van der Waals surface area contributed by atoms with Crippen molar-refractivity contribution in [2.75, 3.05) is 26.2 Å². The second kappa shape index (κ2) is 7.02. The summed E-state index contributed by atoms with van der Waals surface area (Å²) in [6, 6.07) is 6.30. The van der Waals surface area contributed by atoms with E-state index in [1.54, 1.807) is 0 Å². The van der Waals surface area contributed by atoms with E-state index in [4.69, 9.17) is 4.74 Å². The van der Waals surface area contributed by atoms with Gasteiger partial charge in [0, 0.05) is 31.7 Å². The lowest BCUT2D eigenvalue weighted by atomic mass is 9.77. The number of likely N-dealkylation sites (tertiary alicyclic amines) is 1. The summed E-state index contributed by atoms with van der Waals surface area (Å²) in [5.74, 6) is -0.601. The minimum atomic E-state index is -3.79. The molecule has 3 heterocycles. The molecule has 0 aromatic heterocycles. The maximum Gasteiger partial charge on any atom is 0.244 e. The number of sulfonamides is 1. The maximum absolute atomic E-state index is 13.4. The van der Waals surface area contributed by atoms with Crippen LogP contribution < -0.4 is 0 Å². The highest BCUT2D eigenvalue weighted by atomic mass is 32.2. The Kier molecular flexibility index (Phi) is 4.70. The van der Waals surface area contributed by atoms with Crippen molar-refractivity contribution in [3.8, 4) is 6.07 Å². The molecule has 8 heteroatoms. The predicted molar refractivity (Wildman–Crippen MR) is 104 cm³/mol. The van der Waals surface area contributed by atoms with E-state index in [1.165, 1.54) is 16.8 Å². The maximum atomic E-state index is 13.4. The first kappa shape index (κ1) is 19.4. The van der Waals surface area contributed by atoms with Crippen molar-refractivity contribution in [3.63, 3.8) is 0 Å². The Labute approximate surface area is 171 Å². The first-order chi connectivity index (χ1) is 13.9. The molecule has 1 spiro atoms. The van der Waals surface area contributed by atoms with Crippen LogP contribution in [0.2, 0.25) is 0 Å². The quantitative estimate of drug-likeness (QED) is 0.753. The summed E-state index contributed by atoms with van der Waals surface area (Å²) in [5, 5.41) is 9.24. The predicted octanol–water partition coefficient (Wildman–Crippen LogP) is 2.49. The topological polar surface area (TPSA) is 73.6 Å². The van der Waals surface area contributed by atoms with Crippen molar-refractivity contribution in [2.24, 2.45) is 5.41 Å². The van der Waals surface area contributed by atoms with Gasteiger partial charge in [0.2, 0.25) is 10.0 Å². The Hall–Kier alpha value is -1.53. The summed E-state index contributed by atoms with van der Waals surface area (Å²) >= 11 is 0. The van der Waals surface area contributed by atoms with E-state index in [2.05, 4.69) is 4.90 Å². The third kappa shape index (κ3) is 3.28. The molecule has 1 saturated carbocycles. The summed E-state index contributed by atoms with van der Waals surface area (Å²) in [7, 11) is -3.79. The van der Waals surface area contributed by atoms with Gasteiger partial charge in [0.1, 0.15) is 16.8 Å². The van der Waals surface area contributed by atoms with Crippen LogP contribution in [-0.2, 0) is 14.8 Å². The number of benzene rings is 1. The van der Waals surface area contributed by atoms with E-state index >= 15 is 0 Å². The zero-order valence-corrected chi connectivity index (χ0v) is 17.2. The van der Waals surface area contributed by atoms with Crippen LogP contribution in [0.3, 0.4) is 0 Å². The normalized spacial score (nSPS) is 32.1. The minimum Gasteiger partial charge on any atom is -0.375 e. The Morgan fingerprint density at radius 1 is 1.21 bits per heavy atom. The summed E-state index contributed by atoms with van der Waals surface area (Å²) < 4.78 is 46.8. The second-order valence-electron chi connectivity index (χ2n) is 9.09. The number of hydrogen-bond acceptors (Lipinski definition) is 5. The van der Waals surface area contributed by atoms with Crippen LogP contribution in [0.25, 0.3) is 0 Å². The molecule has 1 aromatic rings. The van der Waals surface area contributed by atoms with Crippen LogP contribution >= 0.6 is 0 Å². The molecule has 0 radical (unpaired) electrons. The molecule has 4 aliphatic rings. The van der Waals surface area contributed by atoms with Crippen LogP contribution in [0.4, 0.5) is 4.39 Å². The van der Waals surface area contributed by atoms with Crippen molar-refractivity contribution in [2.45, 2.75) is 61.6 Å². The van der Waals surface area contributed by atoms with Gasteiger partial charge >= 0.3 is 0 Å². The van der Waals surface area contributed by atoms with Gasteiger partial charge in [-0.15, -0.1) is 0 Å². The summed E-state index contributed by atoms with van der Waals surface area (Å²) in [5.41, 5.74) is 0.0952. The fourth-order valence-electron chi connectivity index (χ4n) is 5.94. The van der Waals surface area contributed by atoms with Gasteiger partial charge in [0.05, 0.1) is 18.3 Å². The molecule has 5 rings (SSSR count). The number of morpholine rings is 1. The zero-order valence-electron chi connectivity index (χ0n) is 16.4. The van der Waals surface area contributed by atoms with Crippen LogP contribution in [0.5, 0.6) is 0 Å². The first-order valence-corrected chi connectivity index (χ1v) is 11.9. The first-order valence-electron chi connectivity index (χ1n) is 10.5. The highest BCUT2D eigenvalue weighted by Crippen LogP contribution is 2.50. The number of nitrogens with zero attached hydrogens (tertiary/aromatic N) is 3. The van der Waals surface area contributed by atoms with Crippen molar-refractivity contribution < 1.29 is 17.5 Å². The monoisotopic (exact) mass is 419 g/mol. The van der Waals surface area contributed by atoms with Gasteiger partial charge < -0.3 is 4.74 Å². The molecule has 2 bridgehead atoms. The Bertz CT molecular complexity index is 952. The molecule has 3 saturated heterocycles. The van der Waals surface area contributed by atoms with Crippen molar-refractivity contribution in [1.82, 2.24) is 9.21 Å². The fourth-order valence-corrected chi connectivity index (χ4v) is 7.51. The number of halogens is 1. The molecule has 3 aliphatic heterocycles. The van der Waals surface area contributed by atoms with E-state index < -0.39 is 15.8 Å². The number of piperidine rings is 1. The molecule has 0 N–H and O–H groups in total. The van der Waals surface area contributed by atoms with Crippen LogP contribution in [0, 0.1) is 22.6 Å². The van der Waals surface area contributed by atoms with Crippen LogP contribution in [0.1, 0.15) is 44.1 Å². The van der Waals surface area contributed by atoms with Crippen molar-refractivity contribution >= 4 is 10.0 Å². The second-order valence-corrected chi connectivity index (χ2v) is 11.0. The molecule has 1 aromatic carbocycles. The molecule has 1 unspecified atom stereocenters. The lowest BCUT2D eigenvalue weighted by Crippen LogP contribution is -2.45. The third-order valence-electron chi connectivity index (χ3n) is 7.55. The number of ether oxygens (including phenoxy) is 1. The highest BCUT2D eigenvalue weighted by Gasteiger charge is 2.49. The minimum absolute atomic E-state index is 0.0882. The number of hydrogen-bond donors (Lipinski definition) is 0. The molecule has 3 atom stereocenters. The highest BCUT2D eigenvalue weighted by molar-refractivity contribution is 7.89. The molecule has 4 fully saturated rings. The summed E-state index contributed by atoms with van der Waals surface area (Å²) in [6.45, 7) is 2.84.